The molecular formula is C24H29ClF2N6O3. The van der Waals surface area contributed by atoms with Crippen molar-refractivity contribution in [3.63, 3.8) is 0 Å². The number of carbonyl (C=O) groups excluding carboxylic acids is 3. The van der Waals surface area contributed by atoms with Crippen LogP contribution in [-0.4, -0.2) is 64.2 Å². The van der Waals surface area contributed by atoms with Gasteiger partial charge in [0.1, 0.15) is 18.1 Å². The maximum absolute atomic E-state index is 14.9. The molecule has 1 saturated carbocycles. The van der Waals surface area contributed by atoms with Gasteiger partial charge >= 0.3 is 0 Å². The van der Waals surface area contributed by atoms with Gasteiger partial charge < -0.3 is 20.9 Å². The monoisotopic (exact) mass is 522 g/mol. The molecule has 1 aliphatic carbocycles. The van der Waals surface area contributed by atoms with E-state index in [9.17, 15) is 28.4 Å². The van der Waals surface area contributed by atoms with Gasteiger partial charge in [-0.2, -0.15) is 5.26 Å². The number of hydrogen-bond donors (Lipinski definition) is 3. The first kappa shape index (κ1) is 26.1. The SMILES string of the molecule is C[C@H](Nc1cncc(Cl)c1)C(=O)N1[C@H]2CC[C@@H]([C@H]1C(=O)N[C@@H](C#N)C[C@H]1CCCNC1=O)C(F)(F)C2. The fourth-order valence-electron chi connectivity index (χ4n) is 5.60. The molecule has 3 saturated heterocycles. The number of nitrogens with one attached hydrogen (secondary N) is 3. The van der Waals surface area contributed by atoms with E-state index in [0.717, 1.165) is 6.42 Å². The van der Waals surface area contributed by atoms with Crippen LogP contribution in [0.25, 0.3) is 0 Å². The van der Waals surface area contributed by atoms with Gasteiger partial charge in [0.2, 0.25) is 17.7 Å². The van der Waals surface area contributed by atoms with Gasteiger partial charge in [-0.3, -0.25) is 19.4 Å². The van der Waals surface area contributed by atoms with Gasteiger partial charge in [-0.25, -0.2) is 8.78 Å². The molecule has 4 aliphatic rings. The predicted octanol–water partition coefficient (Wildman–Crippen LogP) is 2.47. The minimum Gasteiger partial charge on any atom is -0.373 e. The van der Waals surface area contributed by atoms with Gasteiger partial charge in [-0.15, -0.1) is 0 Å². The highest BCUT2D eigenvalue weighted by molar-refractivity contribution is 6.30. The van der Waals surface area contributed by atoms with Crippen molar-refractivity contribution in [3.05, 3.63) is 23.5 Å². The van der Waals surface area contributed by atoms with Crippen LogP contribution in [0.15, 0.2) is 18.5 Å². The molecule has 36 heavy (non-hydrogen) atoms. The van der Waals surface area contributed by atoms with Crippen molar-refractivity contribution in [2.75, 3.05) is 11.9 Å². The lowest BCUT2D eigenvalue weighted by Gasteiger charge is -2.54. The van der Waals surface area contributed by atoms with Crippen LogP contribution in [0.3, 0.4) is 0 Å². The number of nitriles is 1. The molecule has 4 heterocycles. The van der Waals surface area contributed by atoms with E-state index in [1.807, 2.05) is 6.07 Å². The number of pyridine rings is 1. The second-order valence-corrected chi connectivity index (χ2v) is 10.2. The second kappa shape index (κ2) is 10.5. The third-order valence-electron chi connectivity index (χ3n) is 7.31. The van der Waals surface area contributed by atoms with Crippen molar-refractivity contribution in [2.24, 2.45) is 11.8 Å². The number of piperidine rings is 3. The highest BCUT2D eigenvalue weighted by Crippen LogP contribution is 2.49. The molecule has 3 N–H and O–H groups in total. The fraction of sp³-hybridized carbons (Fsp3) is 0.625. The number of hydrogen-bond acceptors (Lipinski definition) is 6. The fourth-order valence-corrected chi connectivity index (χ4v) is 5.77. The molecule has 0 unspecified atom stereocenters. The number of rotatable bonds is 7. The Morgan fingerprint density at radius 2 is 2.14 bits per heavy atom. The summed E-state index contributed by atoms with van der Waals surface area (Å²) in [5.41, 5.74) is 0.479. The predicted molar refractivity (Wildman–Crippen MR) is 127 cm³/mol. The van der Waals surface area contributed by atoms with Crippen LogP contribution in [0.4, 0.5) is 14.5 Å². The van der Waals surface area contributed by atoms with Crippen molar-refractivity contribution in [1.82, 2.24) is 20.5 Å². The molecule has 6 atom stereocenters. The molecule has 3 amide bonds. The van der Waals surface area contributed by atoms with Crippen molar-refractivity contribution in [3.8, 4) is 6.07 Å². The van der Waals surface area contributed by atoms with E-state index < -0.39 is 60.2 Å². The first-order valence-electron chi connectivity index (χ1n) is 12.2. The Kier molecular flexibility index (Phi) is 7.64. The van der Waals surface area contributed by atoms with E-state index in [1.165, 1.54) is 17.3 Å². The van der Waals surface area contributed by atoms with E-state index in [2.05, 4.69) is 20.9 Å². The molecule has 1 aromatic rings. The highest BCUT2D eigenvalue weighted by Gasteiger charge is 2.60. The standard InChI is InChI=1S/C24H29ClF2N6O3/c1-13(31-17-8-15(25)11-29-12-17)23(36)33-18-4-5-19(24(26,27)9-18)20(33)22(35)32-16(10-28)7-14-3-2-6-30-21(14)34/h8,11-14,16,18-20,31H,2-7,9H2,1H3,(H,30,34)(H,32,35)/t13-,14+,16+,18-,19-,20-/m0/s1. The van der Waals surface area contributed by atoms with Crippen LogP contribution in [0.2, 0.25) is 5.02 Å². The first-order valence-corrected chi connectivity index (χ1v) is 12.5. The molecule has 9 nitrogen and oxygen atoms in total. The number of amides is 3. The summed E-state index contributed by atoms with van der Waals surface area (Å²) in [6.45, 7) is 2.14. The lowest BCUT2D eigenvalue weighted by molar-refractivity contribution is -0.194. The molecule has 5 rings (SSSR count). The Bertz CT molecular complexity index is 1070. The number of fused-ring (bicyclic) bond motifs is 3. The topological polar surface area (TPSA) is 127 Å². The minimum absolute atomic E-state index is 0.0823. The molecular weight excluding hydrogens is 494 g/mol. The van der Waals surface area contributed by atoms with E-state index in [1.54, 1.807) is 13.0 Å². The summed E-state index contributed by atoms with van der Waals surface area (Å²) >= 11 is 5.96. The van der Waals surface area contributed by atoms with Crippen molar-refractivity contribution in [1.29, 1.82) is 5.26 Å². The zero-order valence-corrected chi connectivity index (χ0v) is 20.6. The smallest absolute Gasteiger partial charge is 0.255 e. The van der Waals surface area contributed by atoms with E-state index in [0.29, 0.717) is 30.1 Å². The van der Waals surface area contributed by atoms with Gasteiger partial charge in [-0.05, 0) is 45.1 Å². The maximum Gasteiger partial charge on any atom is 0.255 e. The zero-order valence-electron chi connectivity index (χ0n) is 19.8. The summed E-state index contributed by atoms with van der Waals surface area (Å²) in [5, 5.41) is 18.3. The summed E-state index contributed by atoms with van der Waals surface area (Å²) in [7, 11) is 0. The first-order chi connectivity index (χ1) is 17.1. The zero-order chi connectivity index (χ0) is 26.0. The molecule has 0 aromatic carbocycles. The van der Waals surface area contributed by atoms with E-state index in [-0.39, 0.29) is 18.7 Å². The third-order valence-corrected chi connectivity index (χ3v) is 7.52. The van der Waals surface area contributed by atoms with Crippen molar-refractivity contribution >= 4 is 35.0 Å². The summed E-state index contributed by atoms with van der Waals surface area (Å²) in [6, 6.07) is -0.547. The molecule has 0 radical (unpaired) electrons. The van der Waals surface area contributed by atoms with Crippen LogP contribution in [0, 0.1) is 23.2 Å². The van der Waals surface area contributed by atoms with Crippen LogP contribution >= 0.6 is 11.6 Å². The molecule has 194 valence electrons. The van der Waals surface area contributed by atoms with Gasteiger partial charge in [-0.1, -0.05) is 11.6 Å². The molecule has 12 heteroatoms. The van der Waals surface area contributed by atoms with Crippen LogP contribution in [-0.2, 0) is 14.4 Å². The Hall–Kier alpha value is -3.00. The molecule has 4 fully saturated rings. The Morgan fingerprint density at radius 1 is 1.36 bits per heavy atom. The Labute approximate surface area is 212 Å². The second-order valence-electron chi connectivity index (χ2n) is 9.81. The van der Waals surface area contributed by atoms with Crippen LogP contribution in [0.5, 0.6) is 0 Å². The number of alkyl halides is 2. The lowest BCUT2D eigenvalue weighted by Crippen LogP contribution is -2.70. The number of aromatic nitrogens is 1. The highest BCUT2D eigenvalue weighted by atomic mass is 35.5. The van der Waals surface area contributed by atoms with Gasteiger partial charge in [0, 0.05) is 31.1 Å². The van der Waals surface area contributed by atoms with Gasteiger partial charge in [0.15, 0.2) is 0 Å². The van der Waals surface area contributed by atoms with Crippen LogP contribution < -0.4 is 16.0 Å². The molecule has 3 aliphatic heterocycles. The third kappa shape index (κ3) is 5.38. The molecule has 0 spiro atoms. The largest absolute Gasteiger partial charge is 0.373 e. The summed E-state index contributed by atoms with van der Waals surface area (Å²) in [6.07, 6.45) is 4.30. The van der Waals surface area contributed by atoms with Crippen LogP contribution in [0.1, 0.15) is 45.4 Å². The van der Waals surface area contributed by atoms with Gasteiger partial charge in [0.25, 0.3) is 5.92 Å². The van der Waals surface area contributed by atoms with E-state index >= 15 is 0 Å². The average molecular weight is 523 g/mol. The quantitative estimate of drug-likeness (QED) is 0.505. The lowest BCUT2D eigenvalue weighted by atomic mass is 9.71. The minimum atomic E-state index is -3.11. The van der Waals surface area contributed by atoms with Crippen molar-refractivity contribution < 1.29 is 23.2 Å². The number of nitrogens with zero attached hydrogens (tertiary/aromatic N) is 3. The summed E-state index contributed by atoms with van der Waals surface area (Å²) < 4.78 is 29.8. The Morgan fingerprint density at radius 3 is 2.81 bits per heavy atom. The number of anilines is 1. The van der Waals surface area contributed by atoms with Gasteiger partial charge in [0.05, 0.1) is 28.9 Å². The molecule has 1 aromatic heterocycles. The van der Waals surface area contributed by atoms with E-state index in [4.69, 9.17) is 11.6 Å². The number of halogens is 3. The Balaban J connectivity index is 1.52. The van der Waals surface area contributed by atoms with Crippen molar-refractivity contribution in [2.45, 2.75) is 75.5 Å². The summed E-state index contributed by atoms with van der Waals surface area (Å²) in [5.74, 6) is -6.39. The maximum atomic E-state index is 14.9. The normalized spacial score (nSPS) is 28.4. The molecule has 2 bridgehead atoms. The summed E-state index contributed by atoms with van der Waals surface area (Å²) in [4.78, 5) is 44.2. The average Bonchev–Trinajstić information content (AvgIpc) is 2.83. The number of carbonyl (C=O) groups is 3.